The van der Waals surface area contributed by atoms with Crippen LogP contribution < -0.4 is 5.32 Å². The van der Waals surface area contributed by atoms with Crippen LogP contribution in [0, 0.1) is 13.8 Å². The number of carbonyl (C=O) groups is 1. The molecule has 22 heavy (non-hydrogen) atoms. The van der Waals surface area contributed by atoms with E-state index in [1.54, 1.807) is 23.0 Å². The predicted octanol–water partition coefficient (Wildman–Crippen LogP) is 3.14. The molecule has 1 heterocycles. The summed E-state index contributed by atoms with van der Waals surface area (Å²) in [6.07, 6.45) is 1.69. The first kappa shape index (κ1) is 14.0. The minimum Gasteiger partial charge on any atom is -0.322 e. The molecule has 1 N–H and O–H groups in total. The van der Waals surface area contributed by atoms with Crippen LogP contribution in [-0.4, -0.2) is 20.9 Å². The molecule has 0 unspecified atom stereocenters. The van der Waals surface area contributed by atoms with Gasteiger partial charge in [-0.1, -0.05) is 22.9 Å². The molecule has 1 amide bonds. The largest absolute Gasteiger partial charge is 0.322 e. The molecule has 0 saturated heterocycles. The summed E-state index contributed by atoms with van der Waals surface area (Å²) in [7, 11) is 0. The number of hydrogen-bond donors (Lipinski definition) is 1. The molecule has 0 aliphatic heterocycles. The standard InChI is InChI=1S/C17H16N4O/c1-12-3-7-15(8-4-12)19-17(22)14-5-9-16(10-6-14)21-13(2)11-18-20-21/h3-11H,1-2H3,(H,19,22). The van der Waals surface area contributed by atoms with Crippen LogP contribution in [0.25, 0.3) is 5.69 Å². The van der Waals surface area contributed by atoms with E-state index in [4.69, 9.17) is 0 Å². The SMILES string of the molecule is Cc1ccc(NC(=O)c2ccc(-n3nncc3C)cc2)cc1. The molecule has 2 aromatic carbocycles. The Labute approximate surface area is 128 Å². The number of aromatic nitrogens is 3. The zero-order valence-corrected chi connectivity index (χ0v) is 12.4. The van der Waals surface area contributed by atoms with Gasteiger partial charge in [0.2, 0.25) is 0 Å². The second kappa shape index (κ2) is 5.81. The average molecular weight is 292 g/mol. The molecule has 0 saturated carbocycles. The summed E-state index contributed by atoms with van der Waals surface area (Å²) in [5.74, 6) is -0.134. The molecule has 1 aromatic heterocycles. The van der Waals surface area contributed by atoms with E-state index in [9.17, 15) is 4.79 Å². The Morgan fingerprint density at radius 1 is 1.00 bits per heavy atom. The first-order chi connectivity index (χ1) is 10.6. The lowest BCUT2D eigenvalue weighted by Crippen LogP contribution is -2.12. The van der Waals surface area contributed by atoms with Gasteiger partial charge in [0.15, 0.2) is 0 Å². The van der Waals surface area contributed by atoms with Gasteiger partial charge in [0.1, 0.15) is 0 Å². The maximum Gasteiger partial charge on any atom is 0.255 e. The molecular weight excluding hydrogens is 276 g/mol. The van der Waals surface area contributed by atoms with E-state index in [0.717, 1.165) is 22.6 Å². The Kier molecular flexibility index (Phi) is 3.70. The highest BCUT2D eigenvalue weighted by atomic mass is 16.1. The summed E-state index contributed by atoms with van der Waals surface area (Å²) >= 11 is 0. The Morgan fingerprint density at radius 3 is 2.27 bits per heavy atom. The summed E-state index contributed by atoms with van der Waals surface area (Å²) in [6, 6.07) is 15.0. The number of hydrogen-bond acceptors (Lipinski definition) is 3. The smallest absolute Gasteiger partial charge is 0.255 e. The predicted molar refractivity (Wildman–Crippen MR) is 85.2 cm³/mol. The Morgan fingerprint density at radius 2 is 1.68 bits per heavy atom. The monoisotopic (exact) mass is 292 g/mol. The lowest BCUT2D eigenvalue weighted by molar-refractivity contribution is 0.102. The second-order valence-corrected chi connectivity index (χ2v) is 5.15. The van der Waals surface area contributed by atoms with Gasteiger partial charge in [-0.3, -0.25) is 4.79 Å². The van der Waals surface area contributed by atoms with E-state index in [0.29, 0.717) is 5.56 Å². The number of nitrogens with zero attached hydrogens (tertiary/aromatic N) is 3. The number of carbonyl (C=O) groups excluding carboxylic acids is 1. The summed E-state index contributed by atoms with van der Waals surface area (Å²) in [5, 5.41) is 10.7. The zero-order valence-electron chi connectivity index (χ0n) is 12.4. The number of amides is 1. The fourth-order valence-corrected chi connectivity index (χ4v) is 2.14. The van der Waals surface area contributed by atoms with Crippen LogP contribution in [0.15, 0.2) is 54.7 Å². The molecule has 0 spiro atoms. The number of nitrogens with one attached hydrogen (secondary N) is 1. The quantitative estimate of drug-likeness (QED) is 0.806. The van der Waals surface area contributed by atoms with Gasteiger partial charge in [0.25, 0.3) is 5.91 Å². The van der Waals surface area contributed by atoms with E-state index < -0.39 is 0 Å². The fourth-order valence-electron chi connectivity index (χ4n) is 2.14. The van der Waals surface area contributed by atoms with Crippen molar-refractivity contribution in [2.75, 3.05) is 5.32 Å². The maximum atomic E-state index is 12.2. The number of aryl methyl sites for hydroxylation is 2. The first-order valence-electron chi connectivity index (χ1n) is 6.99. The van der Waals surface area contributed by atoms with Gasteiger partial charge in [-0.15, -0.1) is 5.10 Å². The molecule has 0 aliphatic rings. The summed E-state index contributed by atoms with van der Waals surface area (Å²) in [5.41, 5.74) is 4.36. The van der Waals surface area contributed by atoms with Crippen molar-refractivity contribution in [3.63, 3.8) is 0 Å². The molecule has 5 nitrogen and oxygen atoms in total. The minimum absolute atomic E-state index is 0.134. The highest BCUT2D eigenvalue weighted by Gasteiger charge is 2.07. The number of rotatable bonds is 3. The molecule has 0 bridgehead atoms. The zero-order chi connectivity index (χ0) is 15.5. The number of benzene rings is 2. The van der Waals surface area contributed by atoms with Crippen molar-refractivity contribution in [3.05, 3.63) is 71.5 Å². The van der Waals surface area contributed by atoms with Gasteiger partial charge < -0.3 is 5.32 Å². The summed E-state index contributed by atoms with van der Waals surface area (Å²) in [4.78, 5) is 12.2. The topological polar surface area (TPSA) is 59.8 Å². The van der Waals surface area contributed by atoms with Crippen LogP contribution in [0.5, 0.6) is 0 Å². The summed E-state index contributed by atoms with van der Waals surface area (Å²) in [6.45, 7) is 3.94. The van der Waals surface area contributed by atoms with Crippen molar-refractivity contribution in [1.82, 2.24) is 15.0 Å². The van der Waals surface area contributed by atoms with Crippen molar-refractivity contribution in [2.24, 2.45) is 0 Å². The van der Waals surface area contributed by atoms with E-state index in [1.807, 2.05) is 50.2 Å². The molecule has 5 heteroatoms. The van der Waals surface area contributed by atoms with Crippen molar-refractivity contribution in [3.8, 4) is 5.69 Å². The van der Waals surface area contributed by atoms with Crippen molar-refractivity contribution in [2.45, 2.75) is 13.8 Å². The molecule has 3 aromatic rings. The normalized spacial score (nSPS) is 10.5. The Bertz CT molecular complexity index is 788. The van der Waals surface area contributed by atoms with Crippen molar-refractivity contribution >= 4 is 11.6 Å². The van der Waals surface area contributed by atoms with Crippen LogP contribution in [0.1, 0.15) is 21.6 Å². The third-order valence-corrected chi connectivity index (χ3v) is 3.40. The van der Waals surface area contributed by atoms with Gasteiger partial charge in [-0.25, -0.2) is 4.68 Å². The fraction of sp³-hybridized carbons (Fsp3) is 0.118. The minimum atomic E-state index is -0.134. The van der Waals surface area contributed by atoms with Crippen LogP contribution in [0.4, 0.5) is 5.69 Å². The lowest BCUT2D eigenvalue weighted by atomic mass is 10.1. The summed E-state index contributed by atoms with van der Waals surface area (Å²) < 4.78 is 1.72. The lowest BCUT2D eigenvalue weighted by Gasteiger charge is -2.07. The van der Waals surface area contributed by atoms with Crippen LogP contribution in [-0.2, 0) is 0 Å². The van der Waals surface area contributed by atoms with Crippen molar-refractivity contribution < 1.29 is 4.79 Å². The molecular formula is C17H16N4O. The average Bonchev–Trinajstić information content (AvgIpc) is 2.96. The van der Waals surface area contributed by atoms with Gasteiger partial charge in [-0.05, 0) is 50.2 Å². The van der Waals surface area contributed by atoms with Gasteiger partial charge >= 0.3 is 0 Å². The van der Waals surface area contributed by atoms with E-state index in [2.05, 4.69) is 15.6 Å². The van der Waals surface area contributed by atoms with Crippen molar-refractivity contribution in [1.29, 1.82) is 0 Å². The van der Waals surface area contributed by atoms with E-state index >= 15 is 0 Å². The van der Waals surface area contributed by atoms with Crippen LogP contribution in [0.3, 0.4) is 0 Å². The molecule has 0 fully saturated rings. The van der Waals surface area contributed by atoms with Crippen LogP contribution >= 0.6 is 0 Å². The number of anilines is 1. The highest BCUT2D eigenvalue weighted by Crippen LogP contribution is 2.13. The van der Waals surface area contributed by atoms with Gasteiger partial charge in [-0.2, -0.15) is 0 Å². The molecule has 0 atom stereocenters. The van der Waals surface area contributed by atoms with E-state index in [-0.39, 0.29) is 5.91 Å². The highest BCUT2D eigenvalue weighted by molar-refractivity contribution is 6.04. The molecule has 3 rings (SSSR count). The first-order valence-corrected chi connectivity index (χ1v) is 6.99. The van der Waals surface area contributed by atoms with Gasteiger partial charge in [0, 0.05) is 11.3 Å². The molecule has 0 radical (unpaired) electrons. The maximum absolute atomic E-state index is 12.2. The Hall–Kier alpha value is -2.95. The third-order valence-electron chi connectivity index (χ3n) is 3.40. The Balaban J connectivity index is 1.76. The molecule has 0 aliphatic carbocycles. The van der Waals surface area contributed by atoms with E-state index in [1.165, 1.54) is 0 Å². The second-order valence-electron chi connectivity index (χ2n) is 5.15. The van der Waals surface area contributed by atoms with Crippen LogP contribution in [0.2, 0.25) is 0 Å². The third kappa shape index (κ3) is 2.88. The molecule has 110 valence electrons. The van der Waals surface area contributed by atoms with Gasteiger partial charge in [0.05, 0.1) is 17.6 Å².